The van der Waals surface area contributed by atoms with E-state index in [-0.39, 0.29) is 0 Å². The van der Waals surface area contributed by atoms with Gasteiger partial charge < -0.3 is 9.80 Å². The summed E-state index contributed by atoms with van der Waals surface area (Å²) < 4.78 is 0. The second-order valence-electron chi connectivity index (χ2n) is 4.92. The molecular formula is C15H33ClN2. The number of nitrogens with zero attached hydrogens (tertiary/aromatic N) is 2. The summed E-state index contributed by atoms with van der Waals surface area (Å²) in [5.41, 5.74) is 0. The van der Waals surface area contributed by atoms with Crippen molar-refractivity contribution >= 4 is 11.6 Å². The molecule has 2 nitrogen and oxygen atoms in total. The van der Waals surface area contributed by atoms with Crippen LogP contribution in [-0.2, 0) is 0 Å². The van der Waals surface area contributed by atoms with Crippen molar-refractivity contribution in [2.45, 2.75) is 52.9 Å². The van der Waals surface area contributed by atoms with Gasteiger partial charge in [0.2, 0.25) is 0 Å². The molecule has 0 bridgehead atoms. The fourth-order valence-electron chi connectivity index (χ4n) is 2.27. The minimum Gasteiger partial charge on any atom is -0.304 e. The third kappa shape index (κ3) is 10.2. The lowest BCUT2D eigenvalue weighted by atomic mass is 10.2. The first-order chi connectivity index (χ1) is 8.78. The molecule has 0 atom stereocenters. The molecule has 0 fully saturated rings. The van der Waals surface area contributed by atoms with E-state index in [1.54, 1.807) is 0 Å². The lowest BCUT2D eigenvalue weighted by Crippen LogP contribution is -2.30. The Hall–Kier alpha value is 0.210. The van der Waals surface area contributed by atoms with Gasteiger partial charge in [0.05, 0.1) is 0 Å². The van der Waals surface area contributed by atoms with Gasteiger partial charge in [-0.25, -0.2) is 0 Å². The smallest absolute Gasteiger partial charge is 0.0223 e. The summed E-state index contributed by atoms with van der Waals surface area (Å²) in [6, 6.07) is 0. The average molecular weight is 277 g/mol. The molecule has 0 aromatic carbocycles. The molecule has 0 heterocycles. The standard InChI is InChI=1S/C15H33ClN2/c1-4-17(5-2)14-11-15-18(6-3)13-10-8-7-9-12-16/h4-15H2,1-3H3. The number of rotatable bonds is 13. The number of hydrogen-bond acceptors (Lipinski definition) is 2. The van der Waals surface area contributed by atoms with E-state index in [9.17, 15) is 0 Å². The van der Waals surface area contributed by atoms with Crippen LogP contribution in [0.15, 0.2) is 0 Å². The van der Waals surface area contributed by atoms with E-state index < -0.39 is 0 Å². The Morgan fingerprint density at radius 1 is 0.611 bits per heavy atom. The van der Waals surface area contributed by atoms with E-state index in [0.29, 0.717) is 0 Å². The Kier molecular flexibility index (Phi) is 13.8. The number of halogens is 1. The van der Waals surface area contributed by atoms with E-state index in [4.69, 9.17) is 11.6 Å². The zero-order valence-corrected chi connectivity index (χ0v) is 13.5. The average Bonchev–Trinajstić information content (AvgIpc) is 2.41. The Morgan fingerprint density at radius 2 is 1.11 bits per heavy atom. The van der Waals surface area contributed by atoms with Gasteiger partial charge in [0.1, 0.15) is 0 Å². The number of unbranched alkanes of at least 4 members (excludes halogenated alkanes) is 3. The molecule has 0 saturated heterocycles. The van der Waals surface area contributed by atoms with E-state index in [1.807, 2.05) is 0 Å². The molecule has 0 rings (SSSR count). The molecule has 0 aromatic rings. The summed E-state index contributed by atoms with van der Waals surface area (Å²) in [6.45, 7) is 14.1. The van der Waals surface area contributed by atoms with Gasteiger partial charge in [-0.2, -0.15) is 0 Å². The maximum absolute atomic E-state index is 5.68. The normalized spacial score (nSPS) is 11.7. The largest absolute Gasteiger partial charge is 0.304 e. The van der Waals surface area contributed by atoms with Gasteiger partial charge in [-0.05, 0) is 58.5 Å². The molecule has 0 aliphatic rings. The fourth-order valence-corrected chi connectivity index (χ4v) is 2.46. The summed E-state index contributed by atoms with van der Waals surface area (Å²) in [4.78, 5) is 5.10. The molecule has 0 amide bonds. The van der Waals surface area contributed by atoms with Crippen LogP contribution in [0, 0.1) is 0 Å². The van der Waals surface area contributed by atoms with Gasteiger partial charge in [0.15, 0.2) is 0 Å². The predicted octanol–water partition coefficient (Wildman–Crippen LogP) is 3.84. The maximum Gasteiger partial charge on any atom is 0.0223 e. The third-order valence-electron chi connectivity index (χ3n) is 3.65. The first-order valence-corrected chi connectivity index (χ1v) is 8.32. The van der Waals surface area contributed by atoms with Crippen molar-refractivity contribution < 1.29 is 0 Å². The zero-order chi connectivity index (χ0) is 13.6. The van der Waals surface area contributed by atoms with Crippen molar-refractivity contribution in [1.82, 2.24) is 9.80 Å². The summed E-state index contributed by atoms with van der Waals surface area (Å²) in [6.07, 6.45) is 6.43. The molecule has 3 heteroatoms. The van der Waals surface area contributed by atoms with E-state index in [0.717, 1.165) is 5.88 Å². The minimum atomic E-state index is 0.821. The van der Waals surface area contributed by atoms with Crippen LogP contribution in [0.4, 0.5) is 0 Å². The quantitative estimate of drug-likeness (QED) is 0.373. The first kappa shape index (κ1) is 18.2. The van der Waals surface area contributed by atoms with Crippen LogP contribution in [0.3, 0.4) is 0 Å². The monoisotopic (exact) mass is 276 g/mol. The highest BCUT2D eigenvalue weighted by molar-refractivity contribution is 6.17. The maximum atomic E-state index is 5.68. The Morgan fingerprint density at radius 3 is 1.67 bits per heavy atom. The van der Waals surface area contributed by atoms with E-state index in [2.05, 4.69) is 30.6 Å². The molecule has 0 saturated carbocycles. The van der Waals surface area contributed by atoms with Crippen LogP contribution >= 0.6 is 11.6 Å². The van der Waals surface area contributed by atoms with Crippen molar-refractivity contribution in [3.63, 3.8) is 0 Å². The summed E-state index contributed by atoms with van der Waals surface area (Å²) in [5.74, 6) is 0.821. The molecular weight excluding hydrogens is 244 g/mol. The van der Waals surface area contributed by atoms with Crippen LogP contribution < -0.4 is 0 Å². The second-order valence-corrected chi connectivity index (χ2v) is 5.30. The van der Waals surface area contributed by atoms with Crippen molar-refractivity contribution in [2.75, 3.05) is 45.1 Å². The molecule has 110 valence electrons. The summed E-state index contributed by atoms with van der Waals surface area (Å²) in [7, 11) is 0. The molecule has 0 aliphatic heterocycles. The third-order valence-corrected chi connectivity index (χ3v) is 3.92. The second kappa shape index (κ2) is 13.6. The van der Waals surface area contributed by atoms with E-state index in [1.165, 1.54) is 71.4 Å². The highest BCUT2D eigenvalue weighted by atomic mass is 35.5. The minimum absolute atomic E-state index is 0.821. The molecule has 0 spiro atoms. The van der Waals surface area contributed by atoms with Crippen molar-refractivity contribution in [1.29, 1.82) is 0 Å². The van der Waals surface area contributed by atoms with Gasteiger partial charge in [0.25, 0.3) is 0 Å². The van der Waals surface area contributed by atoms with Gasteiger partial charge in [-0.1, -0.05) is 33.6 Å². The summed E-state index contributed by atoms with van der Waals surface area (Å²) >= 11 is 5.68. The van der Waals surface area contributed by atoms with Gasteiger partial charge in [-0.3, -0.25) is 0 Å². The van der Waals surface area contributed by atoms with Crippen molar-refractivity contribution in [2.24, 2.45) is 0 Å². The first-order valence-electron chi connectivity index (χ1n) is 7.79. The highest BCUT2D eigenvalue weighted by Gasteiger charge is 2.03. The Labute approximate surface area is 120 Å². The van der Waals surface area contributed by atoms with Crippen LogP contribution in [0.25, 0.3) is 0 Å². The van der Waals surface area contributed by atoms with Crippen LogP contribution in [0.5, 0.6) is 0 Å². The topological polar surface area (TPSA) is 6.48 Å². The van der Waals surface area contributed by atoms with Gasteiger partial charge in [-0.15, -0.1) is 11.6 Å². The summed E-state index contributed by atoms with van der Waals surface area (Å²) in [5, 5.41) is 0. The number of hydrogen-bond donors (Lipinski definition) is 0. The molecule has 0 radical (unpaired) electrons. The van der Waals surface area contributed by atoms with Gasteiger partial charge in [0, 0.05) is 5.88 Å². The molecule has 0 N–H and O–H groups in total. The number of alkyl halides is 1. The van der Waals surface area contributed by atoms with Crippen LogP contribution in [0.1, 0.15) is 52.9 Å². The molecule has 18 heavy (non-hydrogen) atoms. The Balaban J connectivity index is 3.51. The molecule has 0 aromatic heterocycles. The highest BCUT2D eigenvalue weighted by Crippen LogP contribution is 2.04. The lowest BCUT2D eigenvalue weighted by molar-refractivity contribution is 0.240. The van der Waals surface area contributed by atoms with E-state index >= 15 is 0 Å². The Bertz CT molecular complexity index is 161. The zero-order valence-electron chi connectivity index (χ0n) is 12.8. The molecule has 0 aliphatic carbocycles. The fraction of sp³-hybridized carbons (Fsp3) is 1.00. The van der Waals surface area contributed by atoms with Crippen molar-refractivity contribution in [3.8, 4) is 0 Å². The predicted molar refractivity (Wildman–Crippen MR) is 83.7 cm³/mol. The lowest BCUT2D eigenvalue weighted by Gasteiger charge is -2.23. The molecule has 0 unspecified atom stereocenters. The SMILES string of the molecule is CCN(CC)CCCN(CC)CCCCCCCl. The van der Waals surface area contributed by atoms with Crippen LogP contribution in [0.2, 0.25) is 0 Å². The van der Waals surface area contributed by atoms with Crippen LogP contribution in [-0.4, -0.2) is 54.9 Å². The van der Waals surface area contributed by atoms with Gasteiger partial charge >= 0.3 is 0 Å². The van der Waals surface area contributed by atoms with Crippen molar-refractivity contribution in [3.05, 3.63) is 0 Å².